The maximum atomic E-state index is 12.0. The molecule has 0 aliphatic heterocycles. The summed E-state index contributed by atoms with van der Waals surface area (Å²) in [4.78, 5) is 30.5. The van der Waals surface area contributed by atoms with Crippen molar-refractivity contribution in [2.75, 3.05) is 12.4 Å². The van der Waals surface area contributed by atoms with Gasteiger partial charge in [-0.2, -0.15) is 0 Å². The topological polar surface area (TPSA) is 96.1 Å². The highest BCUT2D eigenvalue weighted by Gasteiger charge is 2.22. The number of esters is 1. The zero-order valence-electron chi connectivity index (χ0n) is 11.8. The van der Waals surface area contributed by atoms with Crippen LogP contribution in [0.4, 0.5) is 10.5 Å². The summed E-state index contributed by atoms with van der Waals surface area (Å²) in [7, 11) is 1.27. The quantitative estimate of drug-likeness (QED) is 0.705. The number of ether oxygens (including phenoxy) is 1. The average molecular weight is 367 g/mol. The predicted octanol–water partition coefficient (Wildman–Crippen LogP) is 2.08. The van der Waals surface area contributed by atoms with E-state index in [2.05, 4.69) is 36.5 Å². The number of benzene rings is 1. The summed E-state index contributed by atoms with van der Waals surface area (Å²) in [6.07, 6.45) is 3.36. The number of hydrogen-bond donors (Lipinski definition) is 3. The molecular formula is C14H15BrN4O3. The molecule has 0 aliphatic rings. The zero-order chi connectivity index (χ0) is 15.9. The Morgan fingerprint density at radius 1 is 1.36 bits per heavy atom. The number of carbonyl (C=O) groups is 2. The number of nitrogens with one attached hydrogen (secondary N) is 3. The second-order valence-electron chi connectivity index (χ2n) is 4.46. The van der Waals surface area contributed by atoms with Crippen LogP contribution in [-0.4, -0.2) is 35.1 Å². The lowest BCUT2D eigenvalue weighted by molar-refractivity contribution is -0.142. The van der Waals surface area contributed by atoms with Crippen LogP contribution in [-0.2, 0) is 16.0 Å². The van der Waals surface area contributed by atoms with Crippen molar-refractivity contribution in [2.45, 2.75) is 12.5 Å². The number of aromatic nitrogens is 2. The smallest absolute Gasteiger partial charge is 0.328 e. The lowest BCUT2D eigenvalue weighted by atomic mass is 10.1. The van der Waals surface area contributed by atoms with Crippen molar-refractivity contribution in [3.05, 3.63) is 47.0 Å². The second kappa shape index (κ2) is 7.60. The maximum Gasteiger partial charge on any atom is 0.328 e. The van der Waals surface area contributed by atoms with Crippen LogP contribution in [0.3, 0.4) is 0 Å². The molecule has 0 saturated heterocycles. The van der Waals surface area contributed by atoms with Gasteiger partial charge in [0.2, 0.25) is 0 Å². The highest BCUT2D eigenvalue weighted by atomic mass is 79.9. The van der Waals surface area contributed by atoms with Crippen molar-refractivity contribution < 1.29 is 14.3 Å². The minimum Gasteiger partial charge on any atom is -0.467 e. The van der Waals surface area contributed by atoms with Crippen LogP contribution < -0.4 is 10.6 Å². The Bertz CT molecular complexity index is 628. The molecule has 0 aliphatic carbocycles. The van der Waals surface area contributed by atoms with E-state index in [1.54, 1.807) is 30.5 Å². The molecule has 1 heterocycles. The molecule has 0 fully saturated rings. The predicted molar refractivity (Wildman–Crippen MR) is 84.4 cm³/mol. The molecule has 1 atom stereocenters. The number of methoxy groups -OCH3 is 1. The van der Waals surface area contributed by atoms with E-state index >= 15 is 0 Å². The summed E-state index contributed by atoms with van der Waals surface area (Å²) in [5.74, 6) is -0.527. The van der Waals surface area contributed by atoms with Gasteiger partial charge in [0.15, 0.2) is 0 Å². The van der Waals surface area contributed by atoms with Crippen molar-refractivity contribution >= 4 is 33.6 Å². The van der Waals surface area contributed by atoms with Gasteiger partial charge in [0.1, 0.15) is 6.04 Å². The Labute approximate surface area is 135 Å². The first kappa shape index (κ1) is 16.0. The average Bonchev–Trinajstić information content (AvgIpc) is 3.01. The number of aromatic amines is 1. The Morgan fingerprint density at radius 3 is 2.68 bits per heavy atom. The normalized spacial score (nSPS) is 11.5. The Morgan fingerprint density at radius 2 is 2.09 bits per heavy atom. The third-order valence-electron chi connectivity index (χ3n) is 2.87. The lowest BCUT2D eigenvalue weighted by Crippen LogP contribution is -2.45. The van der Waals surface area contributed by atoms with Gasteiger partial charge in [-0.1, -0.05) is 15.9 Å². The van der Waals surface area contributed by atoms with E-state index < -0.39 is 18.0 Å². The van der Waals surface area contributed by atoms with Crippen LogP contribution in [0.2, 0.25) is 0 Å². The largest absolute Gasteiger partial charge is 0.467 e. The van der Waals surface area contributed by atoms with Gasteiger partial charge >= 0.3 is 12.0 Å². The van der Waals surface area contributed by atoms with Crippen molar-refractivity contribution in [3.63, 3.8) is 0 Å². The van der Waals surface area contributed by atoms with Gasteiger partial charge in [0.05, 0.1) is 13.4 Å². The van der Waals surface area contributed by atoms with Crippen molar-refractivity contribution in [1.82, 2.24) is 15.3 Å². The van der Waals surface area contributed by atoms with E-state index in [-0.39, 0.29) is 6.42 Å². The van der Waals surface area contributed by atoms with Crippen LogP contribution in [0.5, 0.6) is 0 Å². The number of H-pyrrole nitrogens is 1. The number of carbonyl (C=O) groups excluding carboxylic acids is 2. The van der Waals surface area contributed by atoms with E-state index in [0.717, 1.165) is 10.2 Å². The second-order valence-corrected chi connectivity index (χ2v) is 5.38. The van der Waals surface area contributed by atoms with Crippen LogP contribution in [0.15, 0.2) is 41.3 Å². The molecule has 1 aromatic carbocycles. The SMILES string of the molecule is COC(=O)C(Cc1cnc[nH]1)NC(=O)Nc1ccc(Br)cc1. The minimum atomic E-state index is -0.805. The molecule has 2 amide bonds. The fourth-order valence-corrected chi connectivity index (χ4v) is 2.07. The standard InChI is InChI=1S/C14H15BrN4O3/c1-22-13(20)12(6-11-7-16-8-17-11)19-14(21)18-10-4-2-9(15)3-5-10/h2-5,7-8,12H,6H2,1H3,(H,16,17)(H2,18,19,21). The molecule has 0 bridgehead atoms. The number of nitrogens with zero attached hydrogens (tertiary/aromatic N) is 1. The number of anilines is 1. The summed E-state index contributed by atoms with van der Waals surface area (Å²) >= 11 is 3.31. The van der Waals surface area contributed by atoms with Crippen LogP contribution in [0.25, 0.3) is 0 Å². The molecule has 2 aromatic rings. The fourth-order valence-electron chi connectivity index (χ4n) is 1.81. The Kier molecular flexibility index (Phi) is 5.54. The van der Waals surface area contributed by atoms with E-state index in [0.29, 0.717) is 5.69 Å². The summed E-state index contributed by atoms with van der Waals surface area (Å²) in [5, 5.41) is 5.24. The van der Waals surface area contributed by atoms with Crippen LogP contribution in [0.1, 0.15) is 5.69 Å². The highest BCUT2D eigenvalue weighted by Crippen LogP contribution is 2.14. The third-order valence-corrected chi connectivity index (χ3v) is 3.40. The monoisotopic (exact) mass is 366 g/mol. The summed E-state index contributed by atoms with van der Waals surface area (Å²) in [5.41, 5.74) is 1.34. The molecule has 22 heavy (non-hydrogen) atoms. The summed E-state index contributed by atoms with van der Waals surface area (Å²) < 4.78 is 5.61. The van der Waals surface area contributed by atoms with E-state index in [1.807, 2.05) is 0 Å². The summed E-state index contributed by atoms with van der Waals surface area (Å²) in [6.45, 7) is 0. The van der Waals surface area contributed by atoms with Gasteiger partial charge in [-0.05, 0) is 24.3 Å². The Balaban J connectivity index is 1.98. The first-order valence-electron chi connectivity index (χ1n) is 6.46. The third kappa shape index (κ3) is 4.59. The first-order chi connectivity index (χ1) is 10.6. The van der Waals surface area contributed by atoms with Crippen LogP contribution in [0, 0.1) is 0 Å². The Hall–Kier alpha value is -2.35. The molecular weight excluding hydrogens is 352 g/mol. The highest BCUT2D eigenvalue weighted by molar-refractivity contribution is 9.10. The van der Waals surface area contributed by atoms with E-state index in [1.165, 1.54) is 13.4 Å². The molecule has 0 spiro atoms. The molecule has 7 nitrogen and oxygen atoms in total. The zero-order valence-corrected chi connectivity index (χ0v) is 13.4. The number of hydrogen-bond acceptors (Lipinski definition) is 4. The van der Waals surface area contributed by atoms with E-state index in [4.69, 9.17) is 4.74 Å². The van der Waals surface area contributed by atoms with Gasteiger partial charge in [-0.3, -0.25) is 0 Å². The molecule has 1 aromatic heterocycles. The van der Waals surface area contributed by atoms with Crippen molar-refractivity contribution in [3.8, 4) is 0 Å². The number of amides is 2. The van der Waals surface area contributed by atoms with Gasteiger partial charge < -0.3 is 20.4 Å². The summed E-state index contributed by atoms with van der Waals surface area (Å²) in [6, 6.07) is 5.80. The maximum absolute atomic E-state index is 12.0. The molecule has 3 N–H and O–H groups in total. The fraction of sp³-hybridized carbons (Fsp3) is 0.214. The molecule has 116 valence electrons. The minimum absolute atomic E-state index is 0.264. The van der Waals surface area contributed by atoms with Gasteiger partial charge in [-0.25, -0.2) is 14.6 Å². The molecule has 0 radical (unpaired) electrons. The lowest BCUT2D eigenvalue weighted by Gasteiger charge is -2.16. The van der Waals surface area contributed by atoms with Crippen molar-refractivity contribution in [1.29, 1.82) is 0 Å². The van der Waals surface area contributed by atoms with Gasteiger partial charge in [-0.15, -0.1) is 0 Å². The number of halogens is 1. The number of imidazole rings is 1. The molecule has 2 rings (SSSR count). The molecule has 8 heteroatoms. The van der Waals surface area contributed by atoms with Crippen LogP contribution >= 0.6 is 15.9 Å². The van der Waals surface area contributed by atoms with Gasteiger partial charge in [0, 0.05) is 28.5 Å². The van der Waals surface area contributed by atoms with Crippen molar-refractivity contribution in [2.24, 2.45) is 0 Å². The van der Waals surface area contributed by atoms with Gasteiger partial charge in [0.25, 0.3) is 0 Å². The number of rotatable bonds is 5. The van der Waals surface area contributed by atoms with E-state index in [9.17, 15) is 9.59 Å². The first-order valence-corrected chi connectivity index (χ1v) is 7.26. The molecule has 1 unspecified atom stereocenters. The molecule has 0 saturated carbocycles. The number of urea groups is 1.